The van der Waals surface area contributed by atoms with Crippen molar-refractivity contribution in [2.75, 3.05) is 5.43 Å². The van der Waals surface area contributed by atoms with Crippen LogP contribution in [0.1, 0.15) is 5.56 Å². The number of fused-ring (bicyclic) bond motifs is 1. The Kier molecular flexibility index (Phi) is 3.14. The van der Waals surface area contributed by atoms with Gasteiger partial charge in [0.05, 0.1) is 5.52 Å². The number of aryl methyl sites for hydroxylation is 1. The molecule has 0 radical (unpaired) electrons. The van der Waals surface area contributed by atoms with Gasteiger partial charge in [-0.25, -0.2) is 10.8 Å². The van der Waals surface area contributed by atoms with Crippen molar-refractivity contribution >= 4 is 16.9 Å². The third-order valence-corrected chi connectivity index (χ3v) is 2.85. The molecule has 0 aliphatic rings. The number of hydrogen-bond acceptors (Lipinski definition) is 6. The number of hydrogen-bond donors (Lipinski definition) is 2. The van der Waals surface area contributed by atoms with E-state index in [4.69, 9.17) is 10.6 Å². The second-order valence-corrected chi connectivity index (χ2v) is 4.29. The predicted octanol–water partition coefficient (Wildman–Crippen LogP) is 2.41. The Hall–Kier alpha value is -2.73. The SMILES string of the molecule is Cc1cnc(NN)nc1Oc1ccc2cccnc2c1. The van der Waals surface area contributed by atoms with Gasteiger partial charge in [-0.3, -0.25) is 10.4 Å². The first-order chi connectivity index (χ1) is 9.76. The van der Waals surface area contributed by atoms with E-state index in [0.29, 0.717) is 17.6 Å². The summed E-state index contributed by atoms with van der Waals surface area (Å²) in [6.07, 6.45) is 3.40. The Morgan fingerprint density at radius 2 is 2.10 bits per heavy atom. The lowest BCUT2D eigenvalue weighted by Gasteiger charge is -2.09. The molecule has 0 aliphatic heterocycles. The minimum Gasteiger partial charge on any atom is -0.438 e. The molecule has 0 saturated heterocycles. The van der Waals surface area contributed by atoms with Crippen LogP contribution >= 0.6 is 0 Å². The number of nitrogens with two attached hydrogens (primary N) is 1. The molecule has 6 nitrogen and oxygen atoms in total. The van der Waals surface area contributed by atoms with Gasteiger partial charge >= 0.3 is 0 Å². The Morgan fingerprint density at radius 3 is 2.95 bits per heavy atom. The van der Waals surface area contributed by atoms with Crippen molar-refractivity contribution in [1.29, 1.82) is 0 Å². The average molecular weight is 267 g/mol. The molecule has 1 aromatic carbocycles. The van der Waals surface area contributed by atoms with Gasteiger partial charge in [0.25, 0.3) is 0 Å². The monoisotopic (exact) mass is 267 g/mol. The van der Waals surface area contributed by atoms with Gasteiger partial charge in [0.15, 0.2) is 0 Å². The maximum atomic E-state index is 5.77. The van der Waals surface area contributed by atoms with Crippen molar-refractivity contribution in [3.05, 3.63) is 48.3 Å². The first-order valence-corrected chi connectivity index (χ1v) is 6.09. The van der Waals surface area contributed by atoms with Crippen molar-refractivity contribution in [2.24, 2.45) is 5.84 Å². The molecule has 0 unspecified atom stereocenters. The van der Waals surface area contributed by atoms with E-state index < -0.39 is 0 Å². The molecule has 0 fully saturated rings. The van der Waals surface area contributed by atoms with Gasteiger partial charge in [-0.2, -0.15) is 4.98 Å². The topological polar surface area (TPSA) is 86.0 Å². The molecule has 0 bridgehead atoms. The number of nitrogen functional groups attached to an aromatic ring is 1. The van der Waals surface area contributed by atoms with E-state index >= 15 is 0 Å². The minimum absolute atomic E-state index is 0.310. The largest absolute Gasteiger partial charge is 0.438 e. The molecule has 20 heavy (non-hydrogen) atoms. The summed E-state index contributed by atoms with van der Waals surface area (Å²) in [4.78, 5) is 12.5. The van der Waals surface area contributed by atoms with Crippen LogP contribution in [-0.2, 0) is 0 Å². The molecule has 2 heterocycles. The molecular weight excluding hydrogens is 254 g/mol. The van der Waals surface area contributed by atoms with Crippen molar-refractivity contribution < 1.29 is 4.74 Å². The van der Waals surface area contributed by atoms with E-state index in [1.165, 1.54) is 0 Å². The second kappa shape index (κ2) is 5.10. The zero-order valence-electron chi connectivity index (χ0n) is 10.9. The van der Waals surface area contributed by atoms with E-state index in [1.54, 1.807) is 12.4 Å². The van der Waals surface area contributed by atoms with E-state index in [0.717, 1.165) is 16.5 Å². The quantitative estimate of drug-likeness (QED) is 0.560. The Labute approximate surface area is 115 Å². The van der Waals surface area contributed by atoms with Crippen LogP contribution < -0.4 is 16.0 Å². The third kappa shape index (κ3) is 2.36. The van der Waals surface area contributed by atoms with Gasteiger partial charge in [0.2, 0.25) is 11.8 Å². The zero-order valence-corrected chi connectivity index (χ0v) is 10.9. The fourth-order valence-corrected chi connectivity index (χ4v) is 1.82. The van der Waals surface area contributed by atoms with Crippen LogP contribution in [-0.4, -0.2) is 15.0 Å². The number of anilines is 1. The number of nitrogens with zero attached hydrogens (tertiary/aromatic N) is 3. The van der Waals surface area contributed by atoms with Crippen LogP contribution in [0, 0.1) is 6.92 Å². The summed E-state index contributed by atoms with van der Waals surface area (Å²) in [5.41, 5.74) is 4.09. The molecule has 3 aromatic rings. The highest BCUT2D eigenvalue weighted by atomic mass is 16.5. The predicted molar refractivity (Wildman–Crippen MR) is 76.4 cm³/mol. The van der Waals surface area contributed by atoms with Gasteiger partial charge in [0, 0.05) is 29.4 Å². The smallest absolute Gasteiger partial charge is 0.240 e. The zero-order chi connectivity index (χ0) is 13.9. The summed E-state index contributed by atoms with van der Waals surface area (Å²) in [6.45, 7) is 1.87. The first kappa shape index (κ1) is 12.3. The number of rotatable bonds is 3. The highest BCUT2D eigenvalue weighted by Gasteiger charge is 2.06. The van der Waals surface area contributed by atoms with Gasteiger partial charge in [-0.05, 0) is 25.1 Å². The van der Waals surface area contributed by atoms with Crippen LogP contribution in [0.3, 0.4) is 0 Å². The Morgan fingerprint density at radius 1 is 1.20 bits per heavy atom. The summed E-state index contributed by atoms with van der Waals surface area (Å²) in [5, 5.41) is 1.06. The Bertz CT molecular complexity index is 759. The molecular formula is C14H13N5O. The lowest BCUT2D eigenvalue weighted by atomic mass is 10.2. The second-order valence-electron chi connectivity index (χ2n) is 4.29. The summed E-state index contributed by atoms with van der Waals surface area (Å²) >= 11 is 0. The third-order valence-electron chi connectivity index (χ3n) is 2.85. The number of hydrazine groups is 1. The molecule has 3 N–H and O–H groups in total. The number of nitrogens with one attached hydrogen (secondary N) is 1. The average Bonchev–Trinajstić information content (AvgIpc) is 2.49. The lowest BCUT2D eigenvalue weighted by molar-refractivity contribution is 0.458. The summed E-state index contributed by atoms with van der Waals surface area (Å²) in [6, 6.07) is 9.60. The van der Waals surface area contributed by atoms with Gasteiger partial charge in [-0.1, -0.05) is 6.07 Å². The van der Waals surface area contributed by atoms with Crippen molar-refractivity contribution in [1.82, 2.24) is 15.0 Å². The molecule has 0 atom stereocenters. The van der Waals surface area contributed by atoms with E-state index in [1.807, 2.05) is 37.3 Å². The molecule has 0 spiro atoms. The van der Waals surface area contributed by atoms with E-state index in [2.05, 4.69) is 20.4 Å². The van der Waals surface area contributed by atoms with Crippen LogP contribution in [0.2, 0.25) is 0 Å². The fourth-order valence-electron chi connectivity index (χ4n) is 1.82. The van der Waals surface area contributed by atoms with Crippen LogP contribution in [0.15, 0.2) is 42.7 Å². The van der Waals surface area contributed by atoms with Crippen LogP contribution in [0.25, 0.3) is 10.9 Å². The summed E-state index contributed by atoms with van der Waals surface area (Å²) in [5.74, 6) is 6.73. The first-order valence-electron chi connectivity index (χ1n) is 6.09. The highest BCUT2D eigenvalue weighted by molar-refractivity contribution is 5.79. The summed E-state index contributed by atoms with van der Waals surface area (Å²) < 4.78 is 5.77. The van der Waals surface area contributed by atoms with E-state index in [9.17, 15) is 0 Å². The van der Waals surface area contributed by atoms with Crippen molar-refractivity contribution in [2.45, 2.75) is 6.92 Å². The van der Waals surface area contributed by atoms with Gasteiger partial charge in [0.1, 0.15) is 5.75 Å². The van der Waals surface area contributed by atoms with Crippen molar-refractivity contribution in [3.63, 3.8) is 0 Å². The van der Waals surface area contributed by atoms with Gasteiger partial charge in [-0.15, -0.1) is 0 Å². The standard InChI is InChI=1S/C14H13N5O/c1-9-8-17-14(19-15)18-13(9)20-11-5-4-10-3-2-6-16-12(10)7-11/h2-8H,15H2,1H3,(H,17,18,19). The molecule has 0 saturated carbocycles. The van der Waals surface area contributed by atoms with Gasteiger partial charge < -0.3 is 4.74 Å². The molecule has 0 amide bonds. The maximum absolute atomic E-state index is 5.77. The highest BCUT2D eigenvalue weighted by Crippen LogP contribution is 2.25. The number of pyridine rings is 1. The molecule has 3 rings (SSSR count). The normalized spacial score (nSPS) is 10.5. The number of benzene rings is 1. The molecule has 100 valence electrons. The molecule has 6 heteroatoms. The van der Waals surface area contributed by atoms with Crippen LogP contribution in [0.4, 0.5) is 5.95 Å². The van der Waals surface area contributed by atoms with Crippen LogP contribution in [0.5, 0.6) is 11.6 Å². The maximum Gasteiger partial charge on any atom is 0.240 e. The minimum atomic E-state index is 0.310. The lowest BCUT2D eigenvalue weighted by Crippen LogP contribution is -2.11. The summed E-state index contributed by atoms with van der Waals surface area (Å²) in [7, 11) is 0. The number of aromatic nitrogens is 3. The Balaban J connectivity index is 1.96. The van der Waals surface area contributed by atoms with Crippen molar-refractivity contribution in [3.8, 4) is 11.6 Å². The van der Waals surface area contributed by atoms with E-state index in [-0.39, 0.29) is 0 Å². The molecule has 0 aliphatic carbocycles. The fraction of sp³-hybridized carbons (Fsp3) is 0.0714. The molecule has 2 aromatic heterocycles. The number of ether oxygens (including phenoxy) is 1.